The van der Waals surface area contributed by atoms with Gasteiger partial charge in [0.05, 0.1) is 20.5 Å². The molecular formula is C23H34N4O7S. The molecule has 1 aromatic carbocycles. The first-order valence-corrected chi connectivity index (χ1v) is 13.5. The fourth-order valence-electron chi connectivity index (χ4n) is 4.45. The van der Waals surface area contributed by atoms with Gasteiger partial charge in [-0.3, -0.25) is 9.59 Å². The van der Waals surface area contributed by atoms with Crippen molar-refractivity contribution in [3.63, 3.8) is 0 Å². The Balaban J connectivity index is 1.80. The number of methoxy groups -OCH3 is 2. The van der Waals surface area contributed by atoms with E-state index < -0.39 is 34.0 Å². The lowest BCUT2D eigenvalue weighted by atomic mass is 9.95. The van der Waals surface area contributed by atoms with Crippen molar-refractivity contribution in [2.24, 2.45) is 5.92 Å². The summed E-state index contributed by atoms with van der Waals surface area (Å²) in [5.74, 6) is -0.968. The fraction of sp³-hybridized carbons (Fsp3) is 0.609. The number of nitrogens with zero attached hydrogens (tertiary/aromatic N) is 2. The Labute approximate surface area is 206 Å². The molecule has 2 atom stereocenters. The molecule has 2 aliphatic heterocycles. The molecule has 1 aromatic rings. The van der Waals surface area contributed by atoms with Crippen LogP contribution in [-0.4, -0.2) is 101 Å². The number of rotatable bonds is 8. The molecule has 35 heavy (non-hydrogen) atoms. The molecule has 2 amide bonds. The molecule has 12 heteroatoms. The predicted octanol–water partition coefficient (Wildman–Crippen LogP) is -0.632. The van der Waals surface area contributed by atoms with E-state index in [0.717, 1.165) is 11.8 Å². The predicted molar refractivity (Wildman–Crippen MR) is 128 cm³/mol. The first kappa shape index (κ1) is 26.9. The fourth-order valence-corrected chi connectivity index (χ4v) is 5.28. The standard InChI is InChI=1S/C23H34N4O7S/c1-33-18-6-4-16(5-7-18)14-19(23(30)34-2)25-21(28)20-15-26(35(3,31)32)12-13-27(20)22(29)17-8-10-24-11-9-17/h4-7,17,19-20,24H,8-15H2,1-3H3,(H,25,28)/t19-,20-/m0/s1. The van der Waals surface area contributed by atoms with Crippen LogP contribution in [0.1, 0.15) is 18.4 Å². The molecule has 194 valence electrons. The normalized spacial score (nSPS) is 20.7. The van der Waals surface area contributed by atoms with Crippen LogP contribution in [0.4, 0.5) is 0 Å². The molecule has 0 radical (unpaired) electrons. The lowest BCUT2D eigenvalue weighted by Gasteiger charge is -2.41. The second-order valence-electron chi connectivity index (χ2n) is 8.83. The number of esters is 1. The average molecular weight is 511 g/mol. The highest BCUT2D eigenvalue weighted by molar-refractivity contribution is 7.88. The van der Waals surface area contributed by atoms with Gasteiger partial charge in [0.1, 0.15) is 17.8 Å². The number of amides is 2. The van der Waals surface area contributed by atoms with E-state index in [-0.39, 0.29) is 37.9 Å². The summed E-state index contributed by atoms with van der Waals surface area (Å²) in [5, 5.41) is 5.91. The van der Waals surface area contributed by atoms with E-state index in [1.54, 1.807) is 31.4 Å². The number of benzene rings is 1. The van der Waals surface area contributed by atoms with E-state index in [4.69, 9.17) is 9.47 Å². The number of carbonyl (C=O) groups excluding carboxylic acids is 3. The van der Waals surface area contributed by atoms with Gasteiger partial charge in [-0.1, -0.05) is 12.1 Å². The average Bonchev–Trinajstić information content (AvgIpc) is 2.87. The smallest absolute Gasteiger partial charge is 0.328 e. The third-order valence-electron chi connectivity index (χ3n) is 6.49. The molecule has 3 rings (SSSR count). The van der Waals surface area contributed by atoms with E-state index in [1.807, 2.05) is 0 Å². The van der Waals surface area contributed by atoms with Gasteiger partial charge in [-0.25, -0.2) is 13.2 Å². The van der Waals surface area contributed by atoms with Crippen LogP contribution in [0.25, 0.3) is 0 Å². The van der Waals surface area contributed by atoms with E-state index >= 15 is 0 Å². The van der Waals surface area contributed by atoms with Gasteiger partial charge in [0.15, 0.2) is 0 Å². The van der Waals surface area contributed by atoms with Crippen LogP contribution in [0, 0.1) is 5.92 Å². The van der Waals surface area contributed by atoms with E-state index in [2.05, 4.69) is 10.6 Å². The summed E-state index contributed by atoms with van der Waals surface area (Å²) in [4.78, 5) is 40.7. The minimum absolute atomic E-state index is 0.106. The molecule has 0 unspecified atom stereocenters. The Kier molecular flexibility index (Phi) is 9.09. The van der Waals surface area contributed by atoms with Crippen molar-refractivity contribution >= 4 is 27.8 Å². The summed E-state index contributed by atoms with van der Waals surface area (Å²) >= 11 is 0. The van der Waals surface area contributed by atoms with E-state index in [1.165, 1.54) is 16.3 Å². The third-order valence-corrected chi connectivity index (χ3v) is 7.76. The summed E-state index contributed by atoms with van der Waals surface area (Å²) in [6.07, 6.45) is 2.55. The molecule has 2 heterocycles. The molecule has 0 aliphatic carbocycles. The maximum atomic E-state index is 13.4. The molecule has 0 aromatic heterocycles. The zero-order valence-electron chi connectivity index (χ0n) is 20.4. The van der Waals surface area contributed by atoms with Crippen LogP contribution in [-0.2, 0) is 35.6 Å². The summed E-state index contributed by atoms with van der Waals surface area (Å²) in [5.41, 5.74) is 0.769. The van der Waals surface area contributed by atoms with Crippen LogP contribution in [0.5, 0.6) is 5.75 Å². The lowest BCUT2D eigenvalue weighted by Crippen LogP contribution is -2.63. The Bertz CT molecular complexity index is 1010. The number of ether oxygens (including phenoxy) is 2. The largest absolute Gasteiger partial charge is 0.497 e. The quantitative estimate of drug-likeness (QED) is 0.442. The van der Waals surface area contributed by atoms with Crippen molar-refractivity contribution in [1.29, 1.82) is 0 Å². The van der Waals surface area contributed by atoms with Crippen molar-refractivity contribution in [3.05, 3.63) is 29.8 Å². The Morgan fingerprint density at radius 1 is 1.11 bits per heavy atom. The Morgan fingerprint density at radius 3 is 2.34 bits per heavy atom. The van der Waals surface area contributed by atoms with Crippen molar-refractivity contribution in [2.75, 3.05) is 53.2 Å². The van der Waals surface area contributed by atoms with E-state index in [9.17, 15) is 22.8 Å². The van der Waals surface area contributed by atoms with Crippen molar-refractivity contribution in [1.82, 2.24) is 19.8 Å². The van der Waals surface area contributed by atoms with Crippen LogP contribution in [0.3, 0.4) is 0 Å². The van der Waals surface area contributed by atoms with Crippen LogP contribution < -0.4 is 15.4 Å². The SMILES string of the molecule is COC(=O)[C@H](Cc1ccc(OC)cc1)NC(=O)[C@@H]1CN(S(C)(=O)=O)CCN1C(=O)C1CCNCC1. The van der Waals surface area contributed by atoms with Crippen molar-refractivity contribution in [2.45, 2.75) is 31.3 Å². The molecule has 2 saturated heterocycles. The van der Waals surface area contributed by atoms with Crippen LogP contribution in [0.15, 0.2) is 24.3 Å². The summed E-state index contributed by atoms with van der Waals surface area (Å²) in [7, 11) is -0.790. The number of hydrogen-bond acceptors (Lipinski definition) is 8. The molecule has 0 saturated carbocycles. The molecule has 11 nitrogen and oxygen atoms in total. The first-order chi connectivity index (χ1) is 16.6. The van der Waals surface area contributed by atoms with Gasteiger partial charge >= 0.3 is 5.97 Å². The second kappa shape index (κ2) is 11.8. The third kappa shape index (κ3) is 6.92. The number of piperazine rings is 1. The first-order valence-electron chi connectivity index (χ1n) is 11.6. The highest BCUT2D eigenvalue weighted by Crippen LogP contribution is 2.21. The summed E-state index contributed by atoms with van der Waals surface area (Å²) in [6.45, 7) is 1.48. The zero-order valence-corrected chi connectivity index (χ0v) is 21.2. The maximum Gasteiger partial charge on any atom is 0.328 e. The summed E-state index contributed by atoms with van der Waals surface area (Å²) < 4.78 is 35.6. The second-order valence-corrected chi connectivity index (χ2v) is 10.8. The lowest BCUT2D eigenvalue weighted by molar-refractivity contribution is -0.149. The van der Waals surface area contributed by atoms with Gasteiger partial charge in [0, 0.05) is 32.0 Å². The van der Waals surface area contributed by atoms with Crippen molar-refractivity contribution in [3.8, 4) is 5.75 Å². The van der Waals surface area contributed by atoms with Gasteiger partial charge in [-0.2, -0.15) is 4.31 Å². The monoisotopic (exact) mass is 510 g/mol. The topological polar surface area (TPSA) is 134 Å². The van der Waals surface area contributed by atoms with Gasteiger partial charge in [0.2, 0.25) is 21.8 Å². The number of sulfonamides is 1. The molecular weight excluding hydrogens is 476 g/mol. The number of piperidine rings is 1. The highest BCUT2D eigenvalue weighted by Gasteiger charge is 2.41. The van der Waals surface area contributed by atoms with Crippen LogP contribution >= 0.6 is 0 Å². The van der Waals surface area contributed by atoms with Gasteiger partial charge in [0.25, 0.3) is 0 Å². The molecule has 2 N–H and O–H groups in total. The maximum absolute atomic E-state index is 13.4. The van der Waals surface area contributed by atoms with Crippen LogP contribution in [0.2, 0.25) is 0 Å². The number of hydrogen-bond donors (Lipinski definition) is 2. The molecule has 0 spiro atoms. The number of nitrogens with one attached hydrogen (secondary N) is 2. The molecule has 2 fully saturated rings. The van der Waals surface area contributed by atoms with Gasteiger partial charge in [-0.05, 0) is 43.6 Å². The van der Waals surface area contributed by atoms with E-state index in [0.29, 0.717) is 31.7 Å². The highest BCUT2D eigenvalue weighted by atomic mass is 32.2. The minimum atomic E-state index is -3.57. The minimum Gasteiger partial charge on any atom is -0.497 e. The Morgan fingerprint density at radius 2 is 1.77 bits per heavy atom. The number of carbonyl (C=O) groups is 3. The van der Waals surface area contributed by atoms with Gasteiger partial charge < -0.3 is 25.0 Å². The zero-order chi connectivity index (χ0) is 25.6. The Hall–Kier alpha value is -2.70. The molecule has 2 aliphatic rings. The van der Waals surface area contributed by atoms with Gasteiger partial charge in [-0.15, -0.1) is 0 Å². The summed E-state index contributed by atoms with van der Waals surface area (Å²) in [6, 6.07) is 4.99. The van der Waals surface area contributed by atoms with Crippen molar-refractivity contribution < 1.29 is 32.3 Å². The molecule has 0 bridgehead atoms.